The van der Waals surface area contributed by atoms with Crippen molar-refractivity contribution in [3.8, 4) is 5.75 Å². The number of anilines is 1. The van der Waals surface area contributed by atoms with Gasteiger partial charge in [-0.2, -0.15) is 0 Å². The Labute approximate surface area is 101 Å². The van der Waals surface area contributed by atoms with Gasteiger partial charge in [0.05, 0.1) is 0 Å². The summed E-state index contributed by atoms with van der Waals surface area (Å²) in [5.74, 6) is 5.11. The maximum atomic E-state index is 10.9. The van der Waals surface area contributed by atoms with Crippen LogP contribution >= 0.6 is 0 Å². The third kappa shape index (κ3) is 4.74. The van der Waals surface area contributed by atoms with Gasteiger partial charge in [0.2, 0.25) is 5.91 Å². The zero-order chi connectivity index (χ0) is 12.7. The molecule has 5 nitrogen and oxygen atoms in total. The van der Waals surface area contributed by atoms with E-state index in [1.807, 2.05) is 24.1 Å². The highest BCUT2D eigenvalue weighted by Gasteiger charge is 2.02. The van der Waals surface area contributed by atoms with Gasteiger partial charge < -0.3 is 10.0 Å². The molecular weight excluding hydrogens is 218 g/mol. The van der Waals surface area contributed by atoms with E-state index in [9.17, 15) is 9.90 Å². The highest BCUT2D eigenvalue weighted by atomic mass is 16.3. The number of nitrogens with one attached hydrogen (secondary N) is 1. The molecule has 0 fully saturated rings. The molecule has 1 aromatic carbocycles. The highest BCUT2D eigenvalue weighted by molar-refractivity contribution is 5.75. The average molecular weight is 237 g/mol. The van der Waals surface area contributed by atoms with Gasteiger partial charge in [-0.1, -0.05) is 6.07 Å². The molecule has 4 N–H and O–H groups in total. The second kappa shape index (κ2) is 6.75. The molecule has 0 saturated heterocycles. The summed E-state index contributed by atoms with van der Waals surface area (Å²) >= 11 is 0. The highest BCUT2D eigenvalue weighted by Crippen LogP contribution is 2.19. The first-order valence-corrected chi connectivity index (χ1v) is 5.63. The monoisotopic (exact) mass is 237 g/mol. The summed E-state index contributed by atoms with van der Waals surface area (Å²) in [5, 5.41) is 9.34. The normalized spacial score (nSPS) is 10.0. The van der Waals surface area contributed by atoms with Crippen LogP contribution in [0.5, 0.6) is 5.75 Å². The van der Waals surface area contributed by atoms with Crippen LogP contribution in [0.25, 0.3) is 0 Å². The Morgan fingerprint density at radius 1 is 1.47 bits per heavy atom. The SMILES string of the molecule is CN(CCCCC(=O)NN)c1cccc(O)c1. The van der Waals surface area contributed by atoms with Crippen molar-refractivity contribution in [3.05, 3.63) is 24.3 Å². The quantitative estimate of drug-likeness (QED) is 0.298. The van der Waals surface area contributed by atoms with Crippen LogP contribution in [-0.4, -0.2) is 24.6 Å². The molecule has 1 amide bonds. The summed E-state index contributed by atoms with van der Waals surface area (Å²) in [7, 11) is 1.96. The molecule has 0 bridgehead atoms. The van der Waals surface area contributed by atoms with Crippen molar-refractivity contribution in [1.82, 2.24) is 5.43 Å². The number of aromatic hydroxyl groups is 1. The molecule has 0 radical (unpaired) electrons. The number of amides is 1. The topological polar surface area (TPSA) is 78.6 Å². The van der Waals surface area contributed by atoms with E-state index < -0.39 is 0 Å². The van der Waals surface area contributed by atoms with Crippen molar-refractivity contribution < 1.29 is 9.90 Å². The first-order valence-electron chi connectivity index (χ1n) is 5.63. The van der Waals surface area contributed by atoms with Crippen molar-refractivity contribution in [1.29, 1.82) is 0 Å². The minimum Gasteiger partial charge on any atom is -0.508 e. The van der Waals surface area contributed by atoms with E-state index in [-0.39, 0.29) is 11.7 Å². The number of phenolic OH excluding ortho intramolecular Hbond substituents is 1. The van der Waals surface area contributed by atoms with Crippen LogP contribution in [-0.2, 0) is 4.79 Å². The molecule has 0 spiro atoms. The Morgan fingerprint density at radius 3 is 2.88 bits per heavy atom. The molecule has 0 aliphatic rings. The van der Waals surface area contributed by atoms with Gasteiger partial charge in [0.1, 0.15) is 5.75 Å². The lowest BCUT2D eigenvalue weighted by Gasteiger charge is -2.19. The van der Waals surface area contributed by atoms with Crippen LogP contribution in [0, 0.1) is 0 Å². The van der Waals surface area contributed by atoms with Crippen LogP contribution in [0.2, 0.25) is 0 Å². The Hall–Kier alpha value is -1.75. The largest absolute Gasteiger partial charge is 0.508 e. The van der Waals surface area contributed by atoms with Gasteiger partial charge in [0, 0.05) is 31.8 Å². The molecule has 1 rings (SSSR count). The summed E-state index contributed by atoms with van der Waals surface area (Å²) in [5.41, 5.74) is 3.07. The Morgan fingerprint density at radius 2 is 2.24 bits per heavy atom. The number of benzene rings is 1. The predicted octanol–water partition coefficient (Wildman–Crippen LogP) is 0.989. The van der Waals surface area contributed by atoms with Gasteiger partial charge in [-0.15, -0.1) is 0 Å². The van der Waals surface area contributed by atoms with E-state index in [1.165, 1.54) is 0 Å². The first kappa shape index (κ1) is 13.3. The summed E-state index contributed by atoms with van der Waals surface area (Å²) in [4.78, 5) is 12.9. The molecule has 0 heterocycles. The number of hydrogen-bond donors (Lipinski definition) is 3. The fourth-order valence-electron chi connectivity index (χ4n) is 1.57. The van der Waals surface area contributed by atoms with Crippen molar-refractivity contribution in [2.24, 2.45) is 5.84 Å². The van der Waals surface area contributed by atoms with Gasteiger partial charge in [0.15, 0.2) is 0 Å². The predicted molar refractivity (Wildman–Crippen MR) is 67.6 cm³/mol. The van der Waals surface area contributed by atoms with E-state index in [2.05, 4.69) is 5.43 Å². The van der Waals surface area contributed by atoms with Gasteiger partial charge >= 0.3 is 0 Å². The summed E-state index contributed by atoms with van der Waals surface area (Å²) < 4.78 is 0. The van der Waals surface area contributed by atoms with Crippen LogP contribution in [0.3, 0.4) is 0 Å². The lowest BCUT2D eigenvalue weighted by Crippen LogP contribution is -2.29. The molecule has 17 heavy (non-hydrogen) atoms. The van der Waals surface area contributed by atoms with Gasteiger partial charge in [-0.3, -0.25) is 10.2 Å². The molecule has 0 aromatic heterocycles. The molecular formula is C12H19N3O2. The Kier molecular flexibility index (Phi) is 5.29. The maximum absolute atomic E-state index is 10.9. The first-order chi connectivity index (χ1) is 8.13. The van der Waals surface area contributed by atoms with E-state index >= 15 is 0 Å². The summed E-state index contributed by atoms with van der Waals surface area (Å²) in [6, 6.07) is 7.10. The lowest BCUT2D eigenvalue weighted by atomic mass is 10.2. The van der Waals surface area contributed by atoms with Gasteiger partial charge in [0.25, 0.3) is 0 Å². The fraction of sp³-hybridized carbons (Fsp3) is 0.417. The van der Waals surface area contributed by atoms with Gasteiger partial charge in [-0.05, 0) is 25.0 Å². The molecule has 0 aliphatic heterocycles. The number of hydrogen-bond acceptors (Lipinski definition) is 4. The number of nitrogens with two attached hydrogens (primary N) is 1. The molecule has 0 unspecified atom stereocenters. The molecule has 5 heteroatoms. The summed E-state index contributed by atoms with van der Waals surface area (Å²) in [6.07, 6.45) is 2.15. The van der Waals surface area contributed by atoms with Crippen molar-refractivity contribution >= 4 is 11.6 Å². The minimum atomic E-state index is -0.134. The van der Waals surface area contributed by atoms with E-state index in [1.54, 1.807) is 12.1 Å². The number of carbonyl (C=O) groups excluding carboxylic acids is 1. The smallest absolute Gasteiger partial charge is 0.233 e. The Bertz CT molecular complexity index is 369. The number of rotatable bonds is 6. The number of phenols is 1. The minimum absolute atomic E-state index is 0.134. The second-order valence-corrected chi connectivity index (χ2v) is 3.97. The number of nitrogens with zero attached hydrogens (tertiary/aromatic N) is 1. The van der Waals surface area contributed by atoms with E-state index in [0.29, 0.717) is 6.42 Å². The number of carbonyl (C=O) groups is 1. The van der Waals surface area contributed by atoms with Crippen LogP contribution in [0.1, 0.15) is 19.3 Å². The molecule has 0 saturated carbocycles. The summed E-state index contributed by atoms with van der Waals surface area (Å²) in [6.45, 7) is 0.835. The fourth-order valence-corrected chi connectivity index (χ4v) is 1.57. The van der Waals surface area contributed by atoms with Gasteiger partial charge in [-0.25, -0.2) is 5.84 Å². The maximum Gasteiger partial charge on any atom is 0.233 e. The molecule has 0 aliphatic carbocycles. The van der Waals surface area contributed by atoms with Crippen molar-refractivity contribution in [2.75, 3.05) is 18.5 Å². The van der Waals surface area contributed by atoms with E-state index in [4.69, 9.17) is 5.84 Å². The lowest BCUT2D eigenvalue weighted by molar-refractivity contribution is -0.121. The molecule has 94 valence electrons. The molecule has 0 atom stereocenters. The van der Waals surface area contributed by atoms with Crippen LogP contribution < -0.4 is 16.2 Å². The zero-order valence-corrected chi connectivity index (χ0v) is 10.0. The second-order valence-electron chi connectivity index (χ2n) is 3.97. The third-order valence-electron chi connectivity index (χ3n) is 2.58. The third-order valence-corrected chi connectivity index (χ3v) is 2.58. The van der Waals surface area contributed by atoms with Crippen molar-refractivity contribution in [3.63, 3.8) is 0 Å². The van der Waals surface area contributed by atoms with Crippen LogP contribution in [0.15, 0.2) is 24.3 Å². The Balaban J connectivity index is 2.30. The number of hydrazine groups is 1. The van der Waals surface area contributed by atoms with Crippen LogP contribution in [0.4, 0.5) is 5.69 Å². The van der Waals surface area contributed by atoms with Crippen molar-refractivity contribution in [2.45, 2.75) is 19.3 Å². The zero-order valence-electron chi connectivity index (χ0n) is 10.0. The van der Waals surface area contributed by atoms with E-state index in [0.717, 1.165) is 25.1 Å². The molecule has 1 aromatic rings. The average Bonchev–Trinajstić information content (AvgIpc) is 2.34. The number of unbranched alkanes of at least 4 members (excludes halogenated alkanes) is 1. The standard InChI is InChI=1S/C12H19N3O2/c1-15(8-3-2-7-12(17)14-13)10-5-4-6-11(16)9-10/h4-6,9,16H,2-3,7-8,13H2,1H3,(H,14,17).